The molecule has 1 aromatic rings. The normalized spacial score (nSPS) is 28.5. The third-order valence-corrected chi connectivity index (χ3v) is 4.16. The van der Waals surface area contributed by atoms with E-state index in [1.807, 2.05) is 18.2 Å². The molecule has 1 atom stereocenters. The summed E-state index contributed by atoms with van der Waals surface area (Å²) in [5.41, 5.74) is 3.36. The number of aryl methyl sites for hydroxylation is 1. The van der Waals surface area contributed by atoms with Crippen LogP contribution in [-0.2, 0) is 6.42 Å². The fourth-order valence-electron chi connectivity index (χ4n) is 3.21. The van der Waals surface area contributed by atoms with Gasteiger partial charge >= 0.3 is 0 Å². The van der Waals surface area contributed by atoms with Crippen molar-refractivity contribution in [2.24, 2.45) is 5.41 Å². The van der Waals surface area contributed by atoms with Crippen molar-refractivity contribution in [3.8, 4) is 0 Å². The van der Waals surface area contributed by atoms with Gasteiger partial charge in [0.25, 0.3) is 0 Å². The molecule has 2 aliphatic rings. The lowest BCUT2D eigenvalue weighted by Crippen LogP contribution is -2.33. The molecule has 0 aliphatic heterocycles. The quantitative estimate of drug-likeness (QED) is 0.601. The lowest BCUT2D eigenvalue weighted by Gasteiger charge is -2.32. The van der Waals surface area contributed by atoms with Crippen molar-refractivity contribution in [2.75, 3.05) is 0 Å². The van der Waals surface area contributed by atoms with Gasteiger partial charge in [-0.1, -0.05) is 36.4 Å². The molecule has 82 valence electrons. The molecule has 1 unspecified atom stereocenters. The molecule has 2 aliphatic carbocycles. The summed E-state index contributed by atoms with van der Waals surface area (Å²) in [4.78, 5) is 12.5. The monoisotopic (exact) mass is 212 g/mol. The van der Waals surface area contributed by atoms with Crippen LogP contribution in [0.5, 0.6) is 0 Å². The third kappa shape index (κ3) is 1.27. The van der Waals surface area contributed by atoms with Crippen LogP contribution >= 0.6 is 0 Å². The molecule has 0 aromatic heterocycles. The maximum absolute atomic E-state index is 12.5. The summed E-state index contributed by atoms with van der Waals surface area (Å²) in [6, 6.07) is 8.07. The van der Waals surface area contributed by atoms with E-state index in [-0.39, 0.29) is 5.41 Å². The second-order valence-electron chi connectivity index (χ2n) is 5.19. The number of Topliss-reactive ketones (excluding diaryl/α,β-unsaturated/α-hetero) is 1. The molecule has 16 heavy (non-hydrogen) atoms. The van der Waals surface area contributed by atoms with Crippen LogP contribution in [0.15, 0.2) is 36.4 Å². The summed E-state index contributed by atoms with van der Waals surface area (Å²) in [5.74, 6) is 0.369. The molecule has 1 heteroatoms. The summed E-state index contributed by atoms with van der Waals surface area (Å²) >= 11 is 0. The first-order chi connectivity index (χ1) is 7.71. The summed E-state index contributed by atoms with van der Waals surface area (Å²) < 4.78 is 0. The van der Waals surface area contributed by atoms with Gasteiger partial charge in [-0.3, -0.25) is 4.79 Å². The van der Waals surface area contributed by atoms with E-state index in [1.54, 1.807) is 0 Å². The van der Waals surface area contributed by atoms with E-state index < -0.39 is 0 Å². The van der Waals surface area contributed by atoms with Crippen molar-refractivity contribution in [2.45, 2.75) is 32.1 Å². The van der Waals surface area contributed by atoms with E-state index in [1.165, 1.54) is 11.1 Å². The standard InChI is InChI=1S/C15H16O/c1-11-6-8-15(10-11)9-7-12-4-2-3-5-13(12)14(15)16/h2-5H,1,6-10H2. The Kier molecular flexibility index (Phi) is 2.03. The number of allylic oxidation sites excluding steroid dienone is 1. The van der Waals surface area contributed by atoms with E-state index in [2.05, 4.69) is 12.6 Å². The molecule has 1 aromatic carbocycles. The molecule has 0 N–H and O–H groups in total. The highest BCUT2D eigenvalue weighted by molar-refractivity contribution is 6.03. The predicted molar refractivity (Wildman–Crippen MR) is 64.5 cm³/mol. The molecular formula is C15H16O. The van der Waals surface area contributed by atoms with Crippen LogP contribution in [0.4, 0.5) is 0 Å². The first-order valence-corrected chi connectivity index (χ1v) is 6.01. The smallest absolute Gasteiger partial charge is 0.169 e. The Bertz CT molecular complexity index is 472. The number of fused-ring (bicyclic) bond motifs is 1. The maximum Gasteiger partial charge on any atom is 0.169 e. The van der Waals surface area contributed by atoms with Crippen molar-refractivity contribution in [3.63, 3.8) is 0 Å². The van der Waals surface area contributed by atoms with Crippen molar-refractivity contribution < 1.29 is 4.79 Å². The third-order valence-electron chi connectivity index (χ3n) is 4.16. The first-order valence-electron chi connectivity index (χ1n) is 6.01. The fourth-order valence-corrected chi connectivity index (χ4v) is 3.21. The molecule has 1 spiro atoms. The van der Waals surface area contributed by atoms with Crippen LogP contribution in [0, 0.1) is 5.41 Å². The summed E-state index contributed by atoms with van der Waals surface area (Å²) in [6.45, 7) is 4.04. The molecule has 0 bridgehead atoms. The van der Waals surface area contributed by atoms with Crippen LogP contribution in [0.1, 0.15) is 41.6 Å². The van der Waals surface area contributed by atoms with Gasteiger partial charge in [0, 0.05) is 11.0 Å². The van der Waals surface area contributed by atoms with Gasteiger partial charge < -0.3 is 0 Å². The average Bonchev–Trinajstić information content (AvgIpc) is 2.68. The molecule has 1 nitrogen and oxygen atoms in total. The fraction of sp³-hybridized carbons (Fsp3) is 0.400. The van der Waals surface area contributed by atoms with Crippen molar-refractivity contribution in [1.29, 1.82) is 0 Å². The van der Waals surface area contributed by atoms with Crippen LogP contribution < -0.4 is 0 Å². The minimum Gasteiger partial charge on any atom is -0.294 e. The second-order valence-corrected chi connectivity index (χ2v) is 5.19. The van der Waals surface area contributed by atoms with Crippen molar-refractivity contribution in [3.05, 3.63) is 47.5 Å². The highest BCUT2D eigenvalue weighted by atomic mass is 16.1. The van der Waals surface area contributed by atoms with Crippen LogP contribution in [-0.4, -0.2) is 5.78 Å². The summed E-state index contributed by atoms with van der Waals surface area (Å²) in [7, 11) is 0. The largest absolute Gasteiger partial charge is 0.294 e. The molecule has 0 saturated heterocycles. The second kappa shape index (κ2) is 3.31. The SMILES string of the molecule is C=C1CCC2(CCc3ccccc3C2=O)C1. The van der Waals surface area contributed by atoms with Crippen molar-refractivity contribution >= 4 is 5.78 Å². The Morgan fingerprint density at radius 2 is 1.88 bits per heavy atom. The van der Waals surface area contributed by atoms with Crippen LogP contribution in [0.25, 0.3) is 0 Å². The first kappa shape index (κ1) is 9.83. The van der Waals surface area contributed by atoms with Crippen LogP contribution in [0.3, 0.4) is 0 Å². The summed E-state index contributed by atoms with van der Waals surface area (Å²) in [5, 5.41) is 0. The van der Waals surface area contributed by atoms with Gasteiger partial charge in [0.2, 0.25) is 0 Å². The zero-order valence-corrected chi connectivity index (χ0v) is 9.46. The average molecular weight is 212 g/mol. The number of hydrogen-bond acceptors (Lipinski definition) is 1. The number of rotatable bonds is 0. The minimum atomic E-state index is -0.0918. The molecule has 3 rings (SSSR count). The molecule has 0 heterocycles. The van der Waals surface area contributed by atoms with E-state index in [9.17, 15) is 4.79 Å². The summed E-state index contributed by atoms with van der Waals surface area (Å²) in [6.07, 6.45) is 5.03. The van der Waals surface area contributed by atoms with Gasteiger partial charge in [-0.25, -0.2) is 0 Å². The Labute approximate surface area is 96.2 Å². The number of carbonyl (C=O) groups excluding carboxylic acids is 1. The highest BCUT2D eigenvalue weighted by Gasteiger charge is 2.45. The van der Waals surface area contributed by atoms with E-state index in [4.69, 9.17) is 0 Å². The van der Waals surface area contributed by atoms with Gasteiger partial charge in [-0.2, -0.15) is 0 Å². The van der Waals surface area contributed by atoms with Gasteiger partial charge in [0.1, 0.15) is 0 Å². The Hall–Kier alpha value is -1.37. The number of benzene rings is 1. The number of ketones is 1. The number of carbonyl (C=O) groups is 1. The molecule has 1 saturated carbocycles. The van der Waals surface area contributed by atoms with E-state index in [0.717, 1.165) is 37.7 Å². The van der Waals surface area contributed by atoms with Crippen molar-refractivity contribution in [1.82, 2.24) is 0 Å². The molecular weight excluding hydrogens is 196 g/mol. The Morgan fingerprint density at radius 3 is 2.62 bits per heavy atom. The van der Waals surface area contributed by atoms with Crippen LogP contribution in [0.2, 0.25) is 0 Å². The zero-order valence-electron chi connectivity index (χ0n) is 9.46. The topological polar surface area (TPSA) is 17.1 Å². The highest BCUT2D eigenvalue weighted by Crippen LogP contribution is 2.49. The Morgan fingerprint density at radius 1 is 1.12 bits per heavy atom. The molecule has 1 fully saturated rings. The predicted octanol–water partition coefficient (Wildman–Crippen LogP) is 3.54. The molecule has 0 amide bonds. The minimum absolute atomic E-state index is 0.0918. The zero-order chi connectivity index (χ0) is 11.2. The van der Waals surface area contributed by atoms with Gasteiger partial charge in [-0.05, 0) is 37.7 Å². The lowest BCUT2D eigenvalue weighted by molar-refractivity contribution is 0.0770. The van der Waals surface area contributed by atoms with Gasteiger partial charge in [0.15, 0.2) is 5.78 Å². The lowest BCUT2D eigenvalue weighted by atomic mass is 9.69. The van der Waals surface area contributed by atoms with Gasteiger partial charge in [-0.15, -0.1) is 0 Å². The Balaban J connectivity index is 2.04. The maximum atomic E-state index is 12.5. The van der Waals surface area contributed by atoms with E-state index >= 15 is 0 Å². The van der Waals surface area contributed by atoms with E-state index in [0.29, 0.717) is 5.78 Å². The number of hydrogen-bond donors (Lipinski definition) is 0. The molecule has 0 radical (unpaired) electrons. The van der Waals surface area contributed by atoms with Gasteiger partial charge in [0.05, 0.1) is 0 Å².